The van der Waals surface area contributed by atoms with Crippen molar-refractivity contribution in [2.75, 3.05) is 11.9 Å². The van der Waals surface area contributed by atoms with E-state index in [0.717, 1.165) is 18.5 Å². The van der Waals surface area contributed by atoms with Gasteiger partial charge in [0.25, 0.3) is 0 Å². The van der Waals surface area contributed by atoms with Crippen LogP contribution in [0.3, 0.4) is 0 Å². The van der Waals surface area contributed by atoms with Crippen LogP contribution in [0.1, 0.15) is 46.0 Å². The summed E-state index contributed by atoms with van der Waals surface area (Å²) in [6.07, 6.45) is 5.99. The molecule has 2 atom stereocenters. The summed E-state index contributed by atoms with van der Waals surface area (Å²) in [6, 6.07) is 8.62. The maximum Gasteiger partial charge on any atom is 0.319 e. The number of carbonyl (C=O) groups is 1. The molecule has 2 fully saturated rings. The molecule has 5 heteroatoms. The smallest absolute Gasteiger partial charge is 0.319 e. The molecule has 0 spiro atoms. The lowest BCUT2D eigenvalue weighted by atomic mass is 9.81. The van der Waals surface area contributed by atoms with E-state index in [4.69, 9.17) is 11.6 Å². The Kier molecular flexibility index (Phi) is 5.67. The van der Waals surface area contributed by atoms with Crippen LogP contribution in [-0.4, -0.2) is 35.6 Å². The van der Waals surface area contributed by atoms with Crippen LogP contribution >= 0.6 is 11.6 Å². The van der Waals surface area contributed by atoms with E-state index in [-0.39, 0.29) is 12.1 Å². The first-order chi connectivity index (χ1) is 11.5. The van der Waals surface area contributed by atoms with Gasteiger partial charge in [-0.2, -0.15) is 0 Å². The predicted octanol–water partition coefficient (Wildman–Crippen LogP) is 4.50. The van der Waals surface area contributed by atoms with Crippen molar-refractivity contribution in [2.24, 2.45) is 5.92 Å². The fraction of sp³-hybridized carbons (Fsp3) is 0.632. The third-order valence-electron chi connectivity index (χ3n) is 5.14. The summed E-state index contributed by atoms with van der Waals surface area (Å²) in [5, 5.41) is 6.75. The molecule has 4 nitrogen and oxygen atoms in total. The van der Waals surface area contributed by atoms with Crippen molar-refractivity contribution in [1.82, 2.24) is 10.2 Å². The van der Waals surface area contributed by atoms with Gasteiger partial charge in [0.05, 0.1) is 0 Å². The molecule has 0 aliphatic carbocycles. The van der Waals surface area contributed by atoms with E-state index in [1.54, 1.807) is 12.1 Å². The van der Waals surface area contributed by atoms with Crippen molar-refractivity contribution in [3.8, 4) is 0 Å². The minimum absolute atomic E-state index is 0.113. The van der Waals surface area contributed by atoms with E-state index in [1.165, 1.54) is 25.8 Å². The summed E-state index contributed by atoms with van der Waals surface area (Å²) in [7, 11) is 0. The number of halogens is 1. The molecule has 2 aliphatic rings. The number of fused-ring (bicyclic) bond motifs is 2. The second-order valence-electron chi connectivity index (χ2n) is 7.60. The summed E-state index contributed by atoms with van der Waals surface area (Å²) in [5.41, 5.74) is 0.773. The number of piperidine rings is 2. The number of hydrogen-bond donors (Lipinski definition) is 2. The summed E-state index contributed by atoms with van der Waals surface area (Å²) in [6.45, 7) is 5.76. The van der Waals surface area contributed by atoms with Crippen molar-refractivity contribution in [3.63, 3.8) is 0 Å². The molecule has 2 amide bonds. The van der Waals surface area contributed by atoms with Gasteiger partial charge in [-0.3, -0.25) is 4.90 Å². The minimum Gasteiger partial charge on any atom is -0.335 e. The molecule has 132 valence electrons. The number of hydrogen-bond acceptors (Lipinski definition) is 2. The Morgan fingerprint density at radius 2 is 1.83 bits per heavy atom. The molecule has 0 saturated carbocycles. The number of nitrogens with zero attached hydrogens (tertiary/aromatic N) is 1. The third-order valence-corrected chi connectivity index (χ3v) is 5.39. The van der Waals surface area contributed by atoms with Gasteiger partial charge in [-0.15, -0.1) is 0 Å². The number of rotatable bonds is 4. The number of benzene rings is 1. The van der Waals surface area contributed by atoms with Crippen LogP contribution in [0.2, 0.25) is 5.02 Å². The zero-order valence-corrected chi connectivity index (χ0v) is 15.4. The highest BCUT2D eigenvalue weighted by atomic mass is 35.5. The van der Waals surface area contributed by atoms with E-state index in [2.05, 4.69) is 29.4 Å². The second-order valence-corrected chi connectivity index (χ2v) is 8.04. The molecule has 3 rings (SSSR count). The molecular formula is C19H28ClN3O. The predicted molar refractivity (Wildman–Crippen MR) is 99.6 cm³/mol. The second kappa shape index (κ2) is 7.75. The number of nitrogens with one attached hydrogen (secondary N) is 2. The first kappa shape index (κ1) is 17.6. The number of urea groups is 1. The van der Waals surface area contributed by atoms with Gasteiger partial charge in [0.2, 0.25) is 0 Å². The Labute approximate surface area is 149 Å². The molecule has 24 heavy (non-hydrogen) atoms. The highest BCUT2D eigenvalue weighted by molar-refractivity contribution is 6.30. The van der Waals surface area contributed by atoms with Gasteiger partial charge in [0, 0.05) is 35.4 Å². The van der Waals surface area contributed by atoms with Gasteiger partial charge >= 0.3 is 6.03 Å². The Morgan fingerprint density at radius 3 is 2.42 bits per heavy atom. The Morgan fingerprint density at radius 1 is 1.21 bits per heavy atom. The fourth-order valence-corrected chi connectivity index (χ4v) is 4.33. The number of amides is 2. The molecule has 0 unspecified atom stereocenters. The van der Waals surface area contributed by atoms with E-state index in [1.807, 2.05) is 12.1 Å². The van der Waals surface area contributed by atoms with Gasteiger partial charge in [0.1, 0.15) is 0 Å². The molecule has 2 aliphatic heterocycles. The lowest BCUT2D eigenvalue weighted by Gasteiger charge is -2.49. The average Bonchev–Trinajstić information content (AvgIpc) is 2.50. The van der Waals surface area contributed by atoms with E-state index >= 15 is 0 Å². The normalized spacial score (nSPS) is 27.1. The third kappa shape index (κ3) is 4.42. The maximum absolute atomic E-state index is 12.3. The van der Waals surface area contributed by atoms with Gasteiger partial charge in [-0.05, 0) is 55.9 Å². The van der Waals surface area contributed by atoms with Crippen molar-refractivity contribution in [3.05, 3.63) is 29.3 Å². The Balaban J connectivity index is 1.55. The molecule has 2 saturated heterocycles. The number of carbonyl (C=O) groups excluding carboxylic acids is 1. The molecule has 1 aromatic rings. The van der Waals surface area contributed by atoms with Crippen LogP contribution in [0.15, 0.2) is 24.3 Å². The minimum atomic E-state index is -0.113. The molecule has 0 radical (unpaired) electrons. The van der Waals surface area contributed by atoms with Crippen molar-refractivity contribution in [2.45, 2.75) is 64.1 Å². The molecule has 2 N–H and O–H groups in total. The van der Waals surface area contributed by atoms with Crippen LogP contribution in [0.4, 0.5) is 10.5 Å². The standard InChI is InChI=1S/C19H28ClN3O/c1-13(2)12-23-17-4-3-5-18(23)11-16(10-17)22-19(24)21-15-8-6-14(20)7-9-15/h6-9,13,16-18H,3-5,10-12H2,1-2H3,(H2,21,22,24)/t17-,18-/m0/s1. The highest BCUT2D eigenvalue weighted by Gasteiger charge is 2.38. The van der Waals surface area contributed by atoms with Crippen LogP contribution in [-0.2, 0) is 0 Å². The summed E-state index contributed by atoms with van der Waals surface area (Å²) >= 11 is 5.87. The fourth-order valence-electron chi connectivity index (χ4n) is 4.20. The van der Waals surface area contributed by atoms with Crippen LogP contribution in [0.25, 0.3) is 0 Å². The average molecular weight is 350 g/mol. The van der Waals surface area contributed by atoms with Crippen LogP contribution in [0, 0.1) is 5.92 Å². The quantitative estimate of drug-likeness (QED) is 0.840. The van der Waals surface area contributed by atoms with Crippen molar-refractivity contribution >= 4 is 23.3 Å². The first-order valence-corrected chi connectivity index (χ1v) is 9.48. The largest absolute Gasteiger partial charge is 0.335 e. The summed E-state index contributed by atoms with van der Waals surface area (Å²) in [5.74, 6) is 0.700. The monoisotopic (exact) mass is 349 g/mol. The lowest BCUT2D eigenvalue weighted by Crippen LogP contribution is -2.58. The van der Waals surface area contributed by atoms with Crippen LogP contribution < -0.4 is 10.6 Å². The lowest BCUT2D eigenvalue weighted by molar-refractivity contribution is 0.0180. The molecular weight excluding hydrogens is 322 g/mol. The Hall–Kier alpha value is -1.26. The van der Waals surface area contributed by atoms with Gasteiger partial charge in [0.15, 0.2) is 0 Å². The molecule has 2 heterocycles. The maximum atomic E-state index is 12.3. The van der Waals surface area contributed by atoms with Gasteiger partial charge in [-0.25, -0.2) is 4.79 Å². The topological polar surface area (TPSA) is 44.4 Å². The van der Waals surface area contributed by atoms with E-state index in [0.29, 0.717) is 23.0 Å². The molecule has 1 aromatic carbocycles. The van der Waals surface area contributed by atoms with E-state index in [9.17, 15) is 4.79 Å². The van der Waals surface area contributed by atoms with Gasteiger partial charge in [-0.1, -0.05) is 31.9 Å². The molecule has 2 bridgehead atoms. The zero-order chi connectivity index (χ0) is 17.1. The first-order valence-electron chi connectivity index (χ1n) is 9.10. The van der Waals surface area contributed by atoms with Crippen LogP contribution in [0.5, 0.6) is 0 Å². The summed E-state index contributed by atoms with van der Waals surface area (Å²) in [4.78, 5) is 15.0. The van der Waals surface area contributed by atoms with E-state index < -0.39 is 0 Å². The molecule has 0 aromatic heterocycles. The SMILES string of the molecule is CC(C)CN1[C@H]2CCC[C@H]1CC(NC(=O)Nc1ccc(Cl)cc1)C2. The van der Waals surface area contributed by atoms with Crippen molar-refractivity contribution in [1.29, 1.82) is 0 Å². The van der Waals surface area contributed by atoms with Gasteiger partial charge < -0.3 is 10.6 Å². The number of anilines is 1. The van der Waals surface area contributed by atoms with Crippen molar-refractivity contribution < 1.29 is 4.79 Å². The summed E-state index contributed by atoms with van der Waals surface area (Å²) < 4.78 is 0. The zero-order valence-electron chi connectivity index (χ0n) is 14.6. The Bertz CT molecular complexity index is 546. The highest BCUT2D eigenvalue weighted by Crippen LogP contribution is 2.34.